The number of thioether (sulfide) groups is 1. The highest BCUT2D eigenvalue weighted by Crippen LogP contribution is 2.28. The minimum atomic E-state index is -1.01. The molecule has 10 nitrogen and oxygen atoms in total. The van der Waals surface area contributed by atoms with E-state index in [9.17, 15) is 9.59 Å². The molecule has 2 aromatic heterocycles. The van der Waals surface area contributed by atoms with Crippen molar-refractivity contribution in [3.8, 4) is 5.69 Å². The van der Waals surface area contributed by atoms with E-state index in [-0.39, 0.29) is 12.5 Å². The van der Waals surface area contributed by atoms with Crippen LogP contribution < -0.4 is 9.80 Å². The molecule has 1 N–H and O–H groups in total. The summed E-state index contributed by atoms with van der Waals surface area (Å²) in [7, 11) is 3.41. The summed E-state index contributed by atoms with van der Waals surface area (Å²) in [4.78, 5) is 42.4. The second kappa shape index (κ2) is 8.87. The van der Waals surface area contributed by atoms with Crippen molar-refractivity contribution < 1.29 is 14.7 Å². The number of carboxylic acid groups (broad SMARTS) is 1. The normalized spacial score (nSPS) is 13.7. The van der Waals surface area contributed by atoms with Gasteiger partial charge in [-0.25, -0.2) is 19.7 Å². The maximum absolute atomic E-state index is 13.4. The van der Waals surface area contributed by atoms with E-state index in [0.717, 1.165) is 16.3 Å². The van der Waals surface area contributed by atoms with E-state index in [0.29, 0.717) is 35.3 Å². The second-order valence-electron chi connectivity index (χ2n) is 7.40. The van der Waals surface area contributed by atoms with Crippen LogP contribution in [0.5, 0.6) is 0 Å². The second-order valence-corrected chi connectivity index (χ2v) is 8.18. The Morgan fingerprint density at radius 1 is 1.25 bits per heavy atom. The lowest BCUT2D eigenvalue weighted by atomic mass is 10.2. The van der Waals surface area contributed by atoms with Gasteiger partial charge in [0, 0.05) is 51.0 Å². The Morgan fingerprint density at radius 2 is 2.03 bits per heavy atom. The van der Waals surface area contributed by atoms with Gasteiger partial charge in [0.15, 0.2) is 5.16 Å². The molecule has 2 amide bonds. The van der Waals surface area contributed by atoms with Gasteiger partial charge >= 0.3 is 6.09 Å². The summed E-state index contributed by atoms with van der Waals surface area (Å²) in [5, 5.41) is 9.68. The van der Waals surface area contributed by atoms with E-state index in [1.54, 1.807) is 23.6 Å². The van der Waals surface area contributed by atoms with Crippen LogP contribution in [0.15, 0.2) is 48.1 Å². The molecule has 0 saturated carbocycles. The molecule has 1 aliphatic heterocycles. The number of amides is 2. The largest absolute Gasteiger partial charge is 0.465 e. The highest BCUT2D eigenvalue weighted by Gasteiger charge is 2.28. The molecule has 0 bridgehead atoms. The third kappa shape index (κ3) is 4.24. The zero-order chi connectivity index (χ0) is 22.8. The van der Waals surface area contributed by atoms with Gasteiger partial charge in [0.2, 0.25) is 0 Å². The molecule has 0 saturated heterocycles. The number of aromatic nitrogens is 4. The molecule has 0 aliphatic carbocycles. The predicted octanol–water partition coefficient (Wildman–Crippen LogP) is 2.59. The fraction of sp³-hybridized carbons (Fsp3) is 0.286. The van der Waals surface area contributed by atoms with Crippen molar-refractivity contribution in [1.82, 2.24) is 24.4 Å². The first-order valence-corrected chi connectivity index (χ1v) is 11.1. The topological polar surface area (TPSA) is 108 Å². The fourth-order valence-electron chi connectivity index (χ4n) is 3.47. The van der Waals surface area contributed by atoms with Crippen molar-refractivity contribution in [2.75, 3.05) is 43.2 Å². The molecule has 32 heavy (non-hydrogen) atoms. The molecular formula is C21H23N7O3S. The Labute approximate surface area is 189 Å². The molecule has 166 valence electrons. The number of rotatable bonds is 5. The van der Waals surface area contributed by atoms with Crippen LogP contribution in [0.2, 0.25) is 0 Å². The first kappa shape index (κ1) is 21.6. The Balaban J connectivity index is 1.62. The molecule has 0 atom stereocenters. The van der Waals surface area contributed by atoms with Gasteiger partial charge in [-0.1, -0.05) is 17.8 Å². The third-order valence-corrected chi connectivity index (χ3v) is 5.79. The van der Waals surface area contributed by atoms with Crippen LogP contribution in [-0.2, 0) is 6.54 Å². The average Bonchev–Trinajstić information content (AvgIpc) is 3.22. The van der Waals surface area contributed by atoms with Gasteiger partial charge in [0.1, 0.15) is 11.4 Å². The average molecular weight is 454 g/mol. The number of likely N-dealkylation sites (N-methyl/N-ethyl adjacent to an activating group) is 1. The molecule has 0 fully saturated rings. The van der Waals surface area contributed by atoms with E-state index in [2.05, 4.69) is 15.0 Å². The van der Waals surface area contributed by atoms with Gasteiger partial charge < -0.3 is 24.4 Å². The number of hydrogen-bond donors (Lipinski definition) is 1. The monoisotopic (exact) mass is 453 g/mol. The molecule has 0 radical (unpaired) electrons. The summed E-state index contributed by atoms with van der Waals surface area (Å²) < 4.78 is 1.81. The van der Waals surface area contributed by atoms with E-state index in [1.807, 2.05) is 47.0 Å². The Kier molecular flexibility index (Phi) is 5.99. The summed E-state index contributed by atoms with van der Waals surface area (Å²) in [6.45, 7) is 1.32. The first-order chi connectivity index (χ1) is 15.4. The number of carbonyl (C=O) groups excluding carboxylic acids is 1. The summed E-state index contributed by atoms with van der Waals surface area (Å²) in [6.07, 6.45) is 5.90. The maximum Gasteiger partial charge on any atom is 0.407 e. The quantitative estimate of drug-likeness (QED) is 0.464. The zero-order valence-electron chi connectivity index (χ0n) is 18.0. The van der Waals surface area contributed by atoms with Crippen molar-refractivity contribution >= 4 is 35.3 Å². The van der Waals surface area contributed by atoms with Crippen LogP contribution in [0.3, 0.4) is 0 Å². The number of anilines is 2. The molecule has 3 heterocycles. The van der Waals surface area contributed by atoms with Crippen molar-refractivity contribution in [2.24, 2.45) is 0 Å². The number of carbonyl (C=O) groups is 2. The Morgan fingerprint density at radius 3 is 2.78 bits per heavy atom. The summed E-state index contributed by atoms with van der Waals surface area (Å²) in [5.41, 5.74) is 2.66. The smallest absolute Gasteiger partial charge is 0.407 e. The van der Waals surface area contributed by atoms with Gasteiger partial charge in [0.25, 0.3) is 5.91 Å². The number of fused-ring (bicyclic) bond motifs is 1. The van der Waals surface area contributed by atoms with Crippen molar-refractivity contribution in [3.63, 3.8) is 0 Å². The lowest BCUT2D eigenvalue weighted by Crippen LogP contribution is -2.33. The van der Waals surface area contributed by atoms with E-state index in [1.165, 1.54) is 18.8 Å². The molecule has 4 rings (SSSR count). The molecule has 3 aromatic rings. The van der Waals surface area contributed by atoms with Crippen LogP contribution in [0, 0.1) is 0 Å². The summed E-state index contributed by atoms with van der Waals surface area (Å²) in [5.74, 6) is 0.485. The van der Waals surface area contributed by atoms with E-state index < -0.39 is 6.09 Å². The van der Waals surface area contributed by atoms with Crippen LogP contribution in [0.25, 0.3) is 5.69 Å². The standard InChI is InChI=1S/C21H23N7O3S/c1-25-7-8-28(19(29)17-10-22-20(32-3)24-18(17)25)16-6-4-5-15(9-16)27-12-14(23-13-27)11-26(2)21(30)31/h4-6,9-10,12-13H,7-8,11H2,1-3H3,(H,30,31). The van der Waals surface area contributed by atoms with Crippen molar-refractivity contribution in [3.05, 3.63) is 54.2 Å². The summed E-state index contributed by atoms with van der Waals surface area (Å²) in [6, 6.07) is 7.59. The van der Waals surface area contributed by atoms with Crippen LogP contribution in [0.4, 0.5) is 16.3 Å². The number of nitrogens with zero attached hydrogens (tertiary/aromatic N) is 7. The van der Waals surface area contributed by atoms with Crippen LogP contribution in [-0.4, -0.2) is 75.0 Å². The van der Waals surface area contributed by atoms with Gasteiger partial charge in [0.05, 0.1) is 18.6 Å². The molecule has 1 aromatic carbocycles. The van der Waals surface area contributed by atoms with E-state index >= 15 is 0 Å². The predicted molar refractivity (Wildman–Crippen MR) is 122 cm³/mol. The van der Waals surface area contributed by atoms with Crippen molar-refractivity contribution in [2.45, 2.75) is 11.7 Å². The Hall–Kier alpha value is -3.60. The highest BCUT2D eigenvalue weighted by molar-refractivity contribution is 7.98. The van der Waals surface area contributed by atoms with E-state index in [4.69, 9.17) is 5.11 Å². The van der Waals surface area contributed by atoms with Gasteiger partial charge in [-0.05, 0) is 24.5 Å². The van der Waals surface area contributed by atoms with Gasteiger partial charge in [-0.3, -0.25) is 4.79 Å². The zero-order valence-corrected chi connectivity index (χ0v) is 18.8. The minimum Gasteiger partial charge on any atom is -0.465 e. The molecule has 11 heteroatoms. The molecular weight excluding hydrogens is 430 g/mol. The first-order valence-electron chi connectivity index (χ1n) is 9.88. The number of imidazole rings is 1. The lowest BCUT2D eigenvalue weighted by Gasteiger charge is -2.21. The lowest BCUT2D eigenvalue weighted by molar-refractivity contribution is 0.0989. The number of hydrogen-bond acceptors (Lipinski definition) is 7. The SMILES string of the molecule is CSc1ncc2c(n1)N(C)CCN(c1cccc(-n3cnc(CN(C)C(=O)O)c3)c1)C2=O. The van der Waals surface area contributed by atoms with Gasteiger partial charge in [-0.15, -0.1) is 0 Å². The molecule has 1 aliphatic rings. The summed E-state index contributed by atoms with van der Waals surface area (Å²) >= 11 is 1.44. The molecule has 0 spiro atoms. The maximum atomic E-state index is 13.4. The number of benzene rings is 1. The van der Waals surface area contributed by atoms with Crippen LogP contribution in [0.1, 0.15) is 16.1 Å². The van der Waals surface area contributed by atoms with Gasteiger partial charge in [-0.2, -0.15) is 0 Å². The Bertz CT molecular complexity index is 1170. The highest BCUT2D eigenvalue weighted by atomic mass is 32.2. The van der Waals surface area contributed by atoms with Crippen LogP contribution >= 0.6 is 11.8 Å². The van der Waals surface area contributed by atoms with Crippen molar-refractivity contribution in [1.29, 1.82) is 0 Å². The minimum absolute atomic E-state index is 0.149. The molecule has 0 unspecified atom stereocenters. The fourth-order valence-corrected chi connectivity index (χ4v) is 3.80. The third-order valence-electron chi connectivity index (χ3n) is 5.23.